The van der Waals surface area contributed by atoms with Gasteiger partial charge in [-0.3, -0.25) is 9.80 Å². The van der Waals surface area contributed by atoms with Crippen molar-refractivity contribution in [3.8, 4) is 0 Å². The number of nitrogens with zero attached hydrogens (tertiary/aromatic N) is 2. The molecule has 2 rings (SSSR count). The molecule has 0 spiro atoms. The van der Waals surface area contributed by atoms with Crippen LogP contribution in [0.3, 0.4) is 0 Å². The van der Waals surface area contributed by atoms with Crippen LogP contribution < -0.4 is 11.1 Å². The van der Waals surface area contributed by atoms with E-state index < -0.39 is 0 Å². The highest BCUT2D eigenvalue weighted by Gasteiger charge is 2.06. The van der Waals surface area contributed by atoms with Crippen LogP contribution in [0.25, 0.3) is 0 Å². The molecular weight excluding hydrogens is 220 g/mol. The number of hydrogen-bond acceptors (Lipinski definition) is 6. The fourth-order valence-corrected chi connectivity index (χ4v) is 1.50. The number of benzene rings is 1. The zero-order chi connectivity index (χ0) is 12.1. The van der Waals surface area contributed by atoms with E-state index in [0.29, 0.717) is 13.0 Å². The maximum Gasteiger partial charge on any atom is 0.309 e. The largest absolute Gasteiger partial charge is 0.469 e. The number of carbonyl (C=O) groups is 1. The van der Waals surface area contributed by atoms with E-state index in [0.717, 1.165) is 11.1 Å². The SMILES string of the molecule is COC(=O)Cc1ccc(CN2C=NNN2)cc1. The smallest absolute Gasteiger partial charge is 0.309 e. The zero-order valence-electron chi connectivity index (χ0n) is 9.51. The molecule has 0 bridgehead atoms. The van der Waals surface area contributed by atoms with Crippen LogP contribution in [0.5, 0.6) is 0 Å². The van der Waals surface area contributed by atoms with Gasteiger partial charge in [-0.15, -0.1) is 5.53 Å². The molecular formula is C11H14N4O2. The summed E-state index contributed by atoms with van der Waals surface area (Å²) in [5, 5.41) is 5.62. The molecule has 0 radical (unpaired) electrons. The first-order valence-corrected chi connectivity index (χ1v) is 5.23. The summed E-state index contributed by atoms with van der Waals surface area (Å²) in [5.74, 6) is -0.227. The van der Waals surface area contributed by atoms with Crippen LogP contribution in [0.1, 0.15) is 11.1 Å². The van der Waals surface area contributed by atoms with Gasteiger partial charge in [-0.1, -0.05) is 24.3 Å². The van der Waals surface area contributed by atoms with Crippen molar-refractivity contribution in [3.05, 3.63) is 35.4 Å². The first kappa shape index (κ1) is 11.4. The molecule has 1 aliphatic rings. The third kappa shape index (κ3) is 3.18. The molecule has 0 aliphatic carbocycles. The van der Waals surface area contributed by atoms with E-state index in [1.165, 1.54) is 7.11 Å². The Morgan fingerprint density at radius 1 is 1.35 bits per heavy atom. The average molecular weight is 234 g/mol. The monoisotopic (exact) mass is 234 g/mol. The maximum atomic E-state index is 11.1. The summed E-state index contributed by atoms with van der Waals surface area (Å²) in [6, 6.07) is 7.80. The van der Waals surface area contributed by atoms with Crippen LogP contribution in [0.4, 0.5) is 0 Å². The van der Waals surface area contributed by atoms with Crippen molar-refractivity contribution in [1.29, 1.82) is 0 Å². The second-order valence-corrected chi connectivity index (χ2v) is 3.67. The molecule has 1 aromatic carbocycles. The lowest BCUT2D eigenvalue weighted by molar-refractivity contribution is -0.139. The minimum Gasteiger partial charge on any atom is -0.469 e. The summed E-state index contributed by atoms with van der Waals surface area (Å²) in [7, 11) is 1.39. The lowest BCUT2D eigenvalue weighted by Crippen LogP contribution is -2.36. The van der Waals surface area contributed by atoms with E-state index in [1.807, 2.05) is 29.3 Å². The summed E-state index contributed by atoms with van der Waals surface area (Å²) in [4.78, 5) is 11.1. The number of ether oxygens (including phenoxy) is 1. The maximum absolute atomic E-state index is 11.1. The van der Waals surface area contributed by atoms with Gasteiger partial charge in [0.2, 0.25) is 0 Å². The van der Waals surface area contributed by atoms with Crippen molar-refractivity contribution in [2.24, 2.45) is 5.10 Å². The highest BCUT2D eigenvalue weighted by molar-refractivity contribution is 5.72. The van der Waals surface area contributed by atoms with Gasteiger partial charge in [0, 0.05) is 0 Å². The van der Waals surface area contributed by atoms with Crippen LogP contribution >= 0.6 is 0 Å². The van der Waals surface area contributed by atoms with Gasteiger partial charge in [-0.25, -0.2) is 5.53 Å². The number of carbonyl (C=O) groups excluding carboxylic acids is 1. The summed E-state index contributed by atoms with van der Waals surface area (Å²) in [5.41, 5.74) is 7.54. The molecule has 17 heavy (non-hydrogen) atoms. The van der Waals surface area contributed by atoms with Crippen molar-refractivity contribution >= 4 is 12.3 Å². The van der Waals surface area contributed by atoms with Gasteiger partial charge in [0.25, 0.3) is 0 Å². The molecule has 0 atom stereocenters. The first-order chi connectivity index (χ1) is 8.28. The van der Waals surface area contributed by atoms with Crippen LogP contribution in [-0.4, -0.2) is 24.4 Å². The van der Waals surface area contributed by atoms with E-state index in [1.54, 1.807) is 6.34 Å². The minimum absolute atomic E-state index is 0.227. The average Bonchev–Trinajstić information content (AvgIpc) is 2.84. The molecule has 0 saturated heterocycles. The number of rotatable bonds is 4. The standard InChI is InChI=1S/C11H14N4O2/c1-17-11(16)6-9-2-4-10(5-3-9)7-15-8-12-13-14-15/h2-5,8,13-14H,6-7H2,1H3. The Hall–Kier alpha value is -2.08. The quantitative estimate of drug-likeness (QED) is 0.727. The van der Waals surface area contributed by atoms with Crippen molar-refractivity contribution < 1.29 is 9.53 Å². The van der Waals surface area contributed by atoms with Crippen molar-refractivity contribution in [2.45, 2.75) is 13.0 Å². The zero-order valence-corrected chi connectivity index (χ0v) is 9.51. The Morgan fingerprint density at radius 3 is 2.65 bits per heavy atom. The van der Waals surface area contributed by atoms with E-state index in [2.05, 4.69) is 20.9 Å². The Labute approximate surface area is 99.2 Å². The van der Waals surface area contributed by atoms with Gasteiger partial charge in [0.15, 0.2) is 0 Å². The van der Waals surface area contributed by atoms with Crippen LogP contribution in [0.2, 0.25) is 0 Å². The Bertz CT molecular complexity index is 416. The fraction of sp³-hybridized carbons (Fsp3) is 0.273. The Balaban J connectivity index is 1.93. The third-order valence-corrected chi connectivity index (χ3v) is 2.41. The summed E-state index contributed by atoms with van der Waals surface area (Å²) in [6.45, 7) is 0.703. The van der Waals surface area contributed by atoms with Crippen LogP contribution in [0, 0.1) is 0 Å². The number of hydrogen-bond donors (Lipinski definition) is 2. The number of methoxy groups -OCH3 is 1. The lowest BCUT2D eigenvalue weighted by Gasteiger charge is -2.13. The molecule has 0 saturated carbocycles. The predicted octanol–water partition coefficient (Wildman–Crippen LogP) is 0.170. The van der Waals surface area contributed by atoms with E-state index in [9.17, 15) is 4.79 Å². The van der Waals surface area contributed by atoms with Crippen molar-refractivity contribution in [1.82, 2.24) is 16.1 Å². The fourth-order valence-electron chi connectivity index (χ4n) is 1.50. The summed E-state index contributed by atoms with van der Waals surface area (Å²) < 4.78 is 4.61. The van der Waals surface area contributed by atoms with E-state index >= 15 is 0 Å². The van der Waals surface area contributed by atoms with Gasteiger partial charge in [0.05, 0.1) is 20.1 Å². The van der Waals surface area contributed by atoms with Gasteiger partial charge in [0.1, 0.15) is 6.34 Å². The molecule has 0 unspecified atom stereocenters. The third-order valence-electron chi connectivity index (χ3n) is 2.41. The van der Waals surface area contributed by atoms with Crippen molar-refractivity contribution in [3.63, 3.8) is 0 Å². The second kappa shape index (κ2) is 5.31. The molecule has 1 aliphatic heterocycles. The van der Waals surface area contributed by atoms with E-state index in [-0.39, 0.29) is 5.97 Å². The first-order valence-electron chi connectivity index (χ1n) is 5.23. The Morgan fingerprint density at radius 2 is 2.06 bits per heavy atom. The molecule has 2 N–H and O–H groups in total. The van der Waals surface area contributed by atoms with Gasteiger partial charge in [-0.05, 0) is 11.1 Å². The normalized spacial score (nSPS) is 13.6. The van der Waals surface area contributed by atoms with Gasteiger partial charge in [-0.2, -0.15) is 5.10 Å². The summed E-state index contributed by atoms with van der Waals surface area (Å²) in [6.07, 6.45) is 1.98. The minimum atomic E-state index is -0.227. The lowest BCUT2D eigenvalue weighted by atomic mass is 10.1. The number of hydrazine groups is 2. The molecule has 0 aromatic heterocycles. The molecule has 1 heterocycles. The predicted molar refractivity (Wildman–Crippen MR) is 62.5 cm³/mol. The summed E-state index contributed by atoms with van der Waals surface area (Å²) >= 11 is 0. The molecule has 90 valence electrons. The van der Waals surface area contributed by atoms with E-state index in [4.69, 9.17) is 0 Å². The van der Waals surface area contributed by atoms with Gasteiger partial charge >= 0.3 is 5.97 Å². The molecule has 0 amide bonds. The molecule has 6 heteroatoms. The van der Waals surface area contributed by atoms with Crippen LogP contribution in [0.15, 0.2) is 29.4 Å². The molecule has 0 fully saturated rings. The highest BCUT2D eigenvalue weighted by Crippen LogP contribution is 2.07. The molecule has 1 aromatic rings. The van der Waals surface area contributed by atoms with Crippen molar-refractivity contribution in [2.75, 3.05) is 7.11 Å². The number of hydrazone groups is 1. The van der Waals surface area contributed by atoms with Gasteiger partial charge < -0.3 is 4.74 Å². The highest BCUT2D eigenvalue weighted by atomic mass is 16.5. The second-order valence-electron chi connectivity index (χ2n) is 3.67. The molecule has 6 nitrogen and oxygen atoms in total. The Kier molecular flexibility index (Phi) is 3.56. The topological polar surface area (TPSA) is 66.0 Å². The number of nitrogens with one attached hydrogen (secondary N) is 2. The number of esters is 1. The van der Waals surface area contributed by atoms with Crippen LogP contribution in [-0.2, 0) is 22.5 Å².